The van der Waals surface area contributed by atoms with Gasteiger partial charge in [-0.1, -0.05) is 0 Å². The van der Waals surface area contributed by atoms with E-state index in [1.807, 2.05) is 19.0 Å². The van der Waals surface area contributed by atoms with Crippen LogP contribution >= 0.6 is 0 Å². The molecule has 0 amide bonds. The predicted molar refractivity (Wildman–Crippen MR) is 58.2 cm³/mol. The highest BCUT2D eigenvalue weighted by Crippen LogP contribution is 2.08. The zero-order valence-electron chi connectivity index (χ0n) is 8.99. The van der Waals surface area contributed by atoms with E-state index in [2.05, 4.69) is 5.32 Å². The van der Waals surface area contributed by atoms with Gasteiger partial charge in [-0.15, -0.1) is 0 Å². The van der Waals surface area contributed by atoms with Crippen LogP contribution in [0.3, 0.4) is 0 Å². The van der Waals surface area contributed by atoms with E-state index in [4.69, 9.17) is 0 Å². The predicted octanol–water partition coefficient (Wildman–Crippen LogP) is -0.428. The Bertz CT molecular complexity index is 258. The van der Waals surface area contributed by atoms with Crippen LogP contribution in [-0.4, -0.2) is 58.6 Å². The van der Waals surface area contributed by atoms with Gasteiger partial charge in [0, 0.05) is 13.1 Å². The average molecular weight is 220 g/mol. The van der Waals surface area contributed by atoms with Crippen LogP contribution in [0.5, 0.6) is 0 Å². The van der Waals surface area contributed by atoms with Crippen LogP contribution in [0.25, 0.3) is 0 Å². The monoisotopic (exact) mass is 220 g/mol. The van der Waals surface area contributed by atoms with Gasteiger partial charge < -0.3 is 10.2 Å². The first-order chi connectivity index (χ1) is 6.49. The van der Waals surface area contributed by atoms with Crippen LogP contribution in [0, 0.1) is 5.92 Å². The molecule has 0 bridgehead atoms. The third-order valence-electron chi connectivity index (χ3n) is 2.42. The van der Waals surface area contributed by atoms with Crippen LogP contribution in [0.2, 0.25) is 0 Å². The molecule has 84 valence electrons. The molecule has 5 heteroatoms. The lowest BCUT2D eigenvalue weighted by Crippen LogP contribution is -2.45. The molecule has 0 aromatic heterocycles. The minimum atomic E-state index is -2.80. The summed E-state index contributed by atoms with van der Waals surface area (Å²) in [6.07, 6.45) is 0.746. The summed E-state index contributed by atoms with van der Waals surface area (Å²) >= 11 is 0. The highest BCUT2D eigenvalue weighted by atomic mass is 32.2. The van der Waals surface area contributed by atoms with E-state index in [9.17, 15) is 8.42 Å². The number of hydrogen-bond donors (Lipinski definition) is 1. The zero-order chi connectivity index (χ0) is 10.6. The number of hydrogen-bond acceptors (Lipinski definition) is 4. The maximum Gasteiger partial charge on any atom is 0.150 e. The van der Waals surface area contributed by atoms with Gasteiger partial charge in [0.05, 0.1) is 11.5 Å². The molecule has 1 heterocycles. The van der Waals surface area contributed by atoms with Gasteiger partial charge in [-0.2, -0.15) is 0 Å². The number of nitrogens with one attached hydrogen (secondary N) is 1. The third kappa shape index (κ3) is 4.39. The van der Waals surface area contributed by atoms with Gasteiger partial charge in [-0.3, -0.25) is 0 Å². The molecule has 1 N–H and O–H groups in total. The summed E-state index contributed by atoms with van der Waals surface area (Å²) in [5, 5.41) is 3.09. The number of sulfone groups is 1. The fraction of sp³-hybridized carbons (Fsp3) is 1.00. The second-order valence-electron chi connectivity index (χ2n) is 4.30. The Kier molecular flexibility index (Phi) is 4.34. The van der Waals surface area contributed by atoms with Crippen molar-refractivity contribution in [3.05, 3.63) is 0 Å². The van der Waals surface area contributed by atoms with E-state index in [-0.39, 0.29) is 0 Å². The Labute approximate surface area is 86.6 Å². The van der Waals surface area contributed by atoms with Crippen molar-refractivity contribution in [3.63, 3.8) is 0 Å². The molecule has 1 rings (SSSR count). The fourth-order valence-electron chi connectivity index (χ4n) is 1.51. The van der Waals surface area contributed by atoms with Crippen LogP contribution in [0.4, 0.5) is 0 Å². The topological polar surface area (TPSA) is 49.4 Å². The minimum absolute atomic E-state index is 0.335. The van der Waals surface area contributed by atoms with Crippen LogP contribution < -0.4 is 5.32 Å². The van der Waals surface area contributed by atoms with Crippen molar-refractivity contribution in [1.29, 1.82) is 0 Å². The number of rotatable bonds is 6. The Morgan fingerprint density at radius 3 is 2.43 bits per heavy atom. The van der Waals surface area contributed by atoms with Crippen molar-refractivity contribution in [2.75, 3.05) is 45.2 Å². The summed E-state index contributed by atoms with van der Waals surface area (Å²) in [7, 11) is 1.12. The Morgan fingerprint density at radius 2 is 2.00 bits per heavy atom. The van der Waals surface area contributed by atoms with Gasteiger partial charge >= 0.3 is 0 Å². The summed E-state index contributed by atoms with van der Waals surface area (Å²) in [6.45, 7) is 2.59. The summed E-state index contributed by atoms with van der Waals surface area (Å²) < 4.78 is 23.1. The lowest BCUT2D eigenvalue weighted by Gasteiger charge is -2.26. The first-order valence-electron chi connectivity index (χ1n) is 5.05. The molecule has 0 saturated carbocycles. The van der Waals surface area contributed by atoms with Gasteiger partial charge in [0.1, 0.15) is 0 Å². The smallest absolute Gasteiger partial charge is 0.150 e. The quantitative estimate of drug-likeness (QED) is 0.660. The highest BCUT2D eigenvalue weighted by Gasteiger charge is 2.23. The second kappa shape index (κ2) is 5.09. The molecule has 4 nitrogen and oxygen atoms in total. The number of nitrogens with zero attached hydrogens (tertiary/aromatic N) is 1. The van der Waals surface area contributed by atoms with E-state index in [1.54, 1.807) is 0 Å². The van der Waals surface area contributed by atoms with Gasteiger partial charge in [-0.25, -0.2) is 8.42 Å². The fourth-order valence-corrected chi connectivity index (χ4v) is 3.20. The Balaban J connectivity index is 2.19. The van der Waals surface area contributed by atoms with E-state index in [0.29, 0.717) is 17.4 Å². The molecule has 14 heavy (non-hydrogen) atoms. The Hall–Kier alpha value is -0.130. The molecule has 1 aliphatic heterocycles. The largest absolute Gasteiger partial charge is 0.316 e. The minimum Gasteiger partial charge on any atom is -0.316 e. The summed E-state index contributed by atoms with van der Waals surface area (Å²) in [5.74, 6) is 1.06. The van der Waals surface area contributed by atoms with Crippen molar-refractivity contribution in [3.8, 4) is 0 Å². The molecule has 0 aromatic rings. The summed E-state index contributed by atoms with van der Waals surface area (Å²) in [4.78, 5) is 2.01. The van der Waals surface area contributed by atoms with Gasteiger partial charge in [-0.05, 0) is 33.0 Å². The molecular formula is C9H20N2O2S. The molecule has 0 spiro atoms. The summed E-state index contributed by atoms with van der Waals surface area (Å²) in [5.41, 5.74) is 0. The van der Waals surface area contributed by atoms with E-state index in [1.165, 1.54) is 0 Å². The average Bonchev–Trinajstić information content (AvgIpc) is 1.96. The van der Waals surface area contributed by atoms with Gasteiger partial charge in [0.15, 0.2) is 9.84 Å². The third-order valence-corrected chi connectivity index (χ3v) is 4.31. The molecule has 0 unspecified atom stereocenters. The molecule has 0 atom stereocenters. The normalized spacial score (nSPS) is 18.5. The SMILES string of the molecule is CN(C)CCCS(=O)(=O)CC1CNC1. The van der Waals surface area contributed by atoms with E-state index >= 15 is 0 Å². The molecule has 1 fully saturated rings. The lowest BCUT2D eigenvalue weighted by molar-refractivity contribution is 0.377. The molecular weight excluding hydrogens is 200 g/mol. The lowest BCUT2D eigenvalue weighted by atomic mass is 10.1. The molecule has 0 aromatic carbocycles. The van der Waals surface area contributed by atoms with Crippen molar-refractivity contribution >= 4 is 9.84 Å². The van der Waals surface area contributed by atoms with E-state index in [0.717, 1.165) is 26.1 Å². The highest BCUT2D eigenvalue weighted by molar-refractivity contribution is 7.91. The van der Waals surface area contributed by atoms with Crippen molar-refractivity contribution in [2.24, 2.45) is 5.92 Å². The second-order valence-corrected chi connectivity index (χ2v) is 6.52. The van der Waals surface area contributed by atoms with Crippen LogP contribution in [0.1, 0.15) is 6.42 Å². The standard InChI is InChI=1S/C9H20N2O2S/c1-11(2)4-3-5-14(12,13)8-9-6-10-7-9/h9-10H,3-8H2,1-2H3. The van der Waals surface area contributed by atoms with Crippen LogP contribution in [-0.2, 0) is 9.84 Å². The van der Waals surface area contributed by atoms with E-state index < -0.39 is 9.84 Å². The maximum atomic E-state index is 11.6. The van der Waals surface area contributed by atoms with Gasteiger partial charge in [0.25, 0.3) is 0 Å². The molecule has 1 aliphatic rings. The van der Waals surface area contributed by atoms with Crippen LogP contribution in [0.15, 0.2) is 0 Å². The molecule has 0 radical (unpaired) electrons. The first kappa shape index (κ1) is 11.9. The van der Waals surface area contributed by atoms with Gasteiger partial charge in [0.2, 0.25) is 0 Å². The van der Waals surface area contributed by atoms with Crippen molar-refractivity contribution < 1.29 is 8.42 Å². The maximum absolute atomic E-state index is 11.6. The molecule has 0 aliphatic carbocycles. The zero-order valence-corrected chi connectivity index (χ0v) is 9.81. The van der Waals surface area contributed by atoms with Crippen molar-refractivity contribution in [1.82, 2.24) is 10.2 Å². The summed E-state index contributed by atoms with van der Waals surface area (Å²) in [6, 6.07) is 0. The van der Waals surface area contributed by atoms with Crippen molar-refractivity contribution in [2.45, 2.75) is 6.42 Å². The Morgan fingerprint density at radius 1 is 1.36 bits per heavy atom. The first-order valence-corrected chi connectivity index (χ1v) is 6.87. The molecule has 1 saturated heterocycles.